The van der Waals surface area contributed by atoms with Crippen molar-refractivity contribution in [1.29, 1.82) is 0 Å². The molecule has 138 valence electrons. The molecule has 2 amide bonds. The molecule has 8 heteroatoms. The van der Waals surface area contributed by atoms with E-state index in [9.17, 15) is 4.79 Å². The molecule has 0 saturated carbocycles. The summed E-state index contributed by atoms with van der Waals surface area (Å²) in [7, 11) is 4.03. The maximum absolute atomic E-state index is 12.4. The third-order valence-corrected chi connectivity index (χ3v) is 5.28. The number of thiazole rings is 1. The molecule has 0 aliphatic heterocycles. The fraction of sp³-hybridized carbons (Fsp3) is 0.389. The van der Waals surface area contributed by atoms with Crippen LogP contribution in [0, 0.1) is 0 Å². The van der Waals surface area contributed by atoms with Gasteiger partial charge < -0.3 is 15.5 Å². The highest BCUT2D eigenvalue weighted by Gasteiger charge is 2.27. The van der Waals surface area contributed by atoms with E-state index in [0.717, 1.165) is 28.3 Å². The van der Waals surface area contributed by atoms with Crippen LogP contribution < -0.4 is 10.6 Å². The van der Waals surface area contributed by atoms with Gasteiger partial charge in [-0.05, 0) is 40.1 Å². The van der Waals surface area contributed by atoms with Crippen LogP contribution >= 0.6 is 11.3 Å². The third-order valence-electron chi connectivity index (χ3n) is 3.92. The largest absolute Gasteiger partial charge is 0.326 e. The Labute approximate surface area is 157 Å². The molecule has 0 unspecified atom stereocenters. The van der Waals surface area contributed by atoms with E-state index in [4.69, 9.17) is 0 Å². The number of carbonyl (C=O) groups excluding carboxylic acids is 1. The Bertz CT molecular complexity index is 865. The van der Waals surface area contributed by atoms with Gasteiger partial charge in [-0.2, -0.15) is 5.10 Å². The van der Waals surface area contributed by atoms with Crippen LogP contribution in [0.15, 0.2) is 36.7 Å². The van der Waals surface area contributed by atoms with Crippen molar-refractivity contribution in [1.82, 2.24) is 25.0 Å². The lowest BCUT2D eigenvalue weighted by atomic mass is 10.1. The number of urea groups is 1. The van der Waals surface area contributed by atoms with Gasteiger partial charge in [0.25, 0.3) is 0 Å². The number of aromatic nitrogens is 3. The summed E-state index contributed by atoms with van der Waals surface area (Å²) in [6.45, 7) is 5.56. The van der Waals surface area contributed by atoms with Crippen molar-refractivity contribution in [3.63, 3.8) is 0 Å². The highest BCUT2D eigenvalue weighted by Crippen LogP contribution is 2.29. The van der Waals surface area contributed by atoms with Crippen LogP contribution in [0.2, 0.25) is 0 Å². The summed E-state index contributed by atoms with van der Waals surface area (Å²) in [6, 6.07) is 7.70. The normalized spacial score (nSPS) is 11.9. The van der Waals surface area contributed by atoms with Gasteiger partial charge in [0.05, 0.1) is 34.2 Å². The molecule has 0 aliphatic carbocycles. The molecule has 3 aromatic rings. The topological polar surface area (TPSA) is 75.1 Å². The van der Waals surface area contributed by atoms with E-state index in [-0.39, 0.29) is 6.03 Å². The number of nitrogens with one attached hydrogen (secondary N) is 2. The van der Waals surface area contributed by atoms with E-state index in [0.29, 0.717) is 5.69 Å². The first-order chi connectivity index (χ1) is 12.3. The number of hydrogen-bond acceptors (Lipinski definition) is 5. The molecule has 3 rings (SSSR count). The Morgan fingerprint density at radius 1 is 1.31 bits per heavy atom. The van der Waals surface area contributed by atoms with E-state index < -0.39 is 5.54 Å². The van der Waals surface area contributed by atoms with Crippen LogP contribution in [-0.2, 0) is 12.1 Å². The van der Waals surface area contributed by atoms with Crippen LogP contribution in [0.3, 0.4) is 0 Å². The van der Waals surface area contributed by atoms with Crippen molar-refractivity contribution in [2.24, 2.45) is 0 Å². The van der Waals surface area contributed by atoms with Gasteiger partial charge in [0.1, 0.15) is 5.01 Å². The van der Waals surface area contributed by atoms with Crippen molar-refractivity contribution in [2.75, 3.05) is 26.0 Å². The minimum absolute atomic E-state index is 0.276. The second-order valence-corrected chi connectivity index (χ2v) is 8.02. The fourth-order valence-electron chi connectivity index (χ4n) is 2.49. The second-order valence-electron chi connectivity index (χ2n) is 6.99. The highest BCUT2D eigenvalue weighted by atomic mass is 32.1. The molecule has 0 saturated heterocycles. The van der Waals surface area contributed by atoms with E-state index in [2.05, 4.69) is 25.6 Å². The maximum Gasteiger partial charge on any atom is 0.320 e. The average molecular weight is 372 g/mol. The van der Waals surface area contributed by atoms with Crippen molar-refractivity contribution < 1.29 is 4.79 Å². The minimum atomic E-state index is -0.575. The molecule has 0 spiro atoms. The number of benzene rings is 1. The molecular formula is C18H24N6OS. The number of amides is 2. The number of para-hydroxylation sites is 1. The zero-order valence-electron chi connectivity index (χ0n) is 15.5. The number of rotatable bonds is 6. The number of hydrogen-bond donors (Lipinski definition) is 2. The van der Waals surface area contributed by atoms with Crippen molar-refractivity contribution in [3.05, 3.63) is 41.7 Å². The summed E-state index contributed by atoms with van der Waals surface area (Å²) in [5.41, 5.74) is 1.04. The molecule has 0 atom stereocenters. The number of carbonyl (C=O) groups is 1. The Balaban J connectivity index is 1.63. The average Bonchev–Trinajstić information content (AvgIpc) is 3.19. The van der Waals surface area contributed by atoms with E-state index in [1.807, 2.05) is 63.1 Å². The lowest BCUT2D eigenvalue weighted by molar-refractivity contribution is 0.242. The molecule has 0 fully saturated rings. The van der Waals surface area contributed by atoms with Crippen molar-refractivity contribution in [3.8, 4) is 0 Å². The van der Waals surface area contributed by atoms with Gasteiger partial charge in [-0.3, -0.25) is 4.68 Å². The number of anilines is 1. The van der Waals surface area contributed by atoms with Crippen LogP contribution in [0.1, 0.15) is 18.9 Å². The van der Waals surface area contributed by atoms with Gasteiger partial charge in [-0.1, -0.05) is 12.1 Å². The summed E-state index contributed by atoms with van der Waals surface area (Å²) >= 11 is 1.59. The minimum Gasteiger partial charge on any atom is -0.326 e. The Morgan fingerprint density at radius 3 is 2.81 bits per heavy atom. The fourth-order valence-corrected chi connectivity index (χ4v) is 3.52. The number of fused-ring (bicyclic) bond motifs is 1. The summed E-state index contributed by atoms with van der Waals surface area (Å²) in [4.78, 5) is 19.1. The standard InChI is InChI=1S/C18H24N6OS/c1-18(2,16-21-14-7-5-6-8-15(14)26-16)22-17(25)20-13-11-19-24(12-13)10-9-23(3)4/h5-8,11-12H,9-10H2,1-4H3,(H2,20,22,25). The van der Waals surface area contributed by atoms with Gasteiger partial charge in [-0.25, -0.2) is 9.78 Å². The maximum atomic E-state index is 12.4. The molecule has 0 bridgehead atoms. The monoisotopic (exact) mass is 372 g/mol. The van der Waals surface area contributed by atoms with Gasteiger partial charge in [0.15, 0.2) is 0 Å². The predicted octanol–water partition coefficient (Wildman–Crippen LogP) is 3.11. The number of nitrogens with zero attached hydrogens (tertiary/aromatic N) is 4. The van der Waals surface area contributed by atoms with Gasteiger partial charge >= 0.3 is 6.03 Å². The van der Waals surface area contributed by atoms with E-state index >= 15 is 0 Å². The van der Waals surface area contributed by atoms with Gasteiger partial charge in [0.2, 0.25) is 0 Å². The zero-order valence-corrected chi connectivity index (χ0v) is 16.3. The third kappa shape index (κ3) is 4.39. The molecule has 1 aromatic carbocycles. The zero-order chi connectivity index (χ0) is 18.7. The lowest BCUT2D eigenvalue weighted by Gasteiger charge is -2.23. The molecule has 26 heavy (non-hydrogen) atoms. The first kappa shape index (κ1) is 18.3. The Hall–Kier alpha value is -2.45. The molecule has 7 nitrogen and oxygen atoms in total. The summed E-state index contributed by atoms with van der Waals surface area (Å²) < 4.78 is 2.92. The van der Waals surface area contributed by atoms with Crippen LogP contribution in [-0.4, -0.2) is 46.3 Å². The van der Waals surface area contributed by atoms with Crippen molar-refractivity contribution >= 4 is 33.3 Å². The second kappa shape index (κ2) is 7.43. The first-order valence-corrected chi connectivity index (χ1v) is 9.27. The van der Waals surface area contributed by atoms with Gasteiger partial charge in [-0.15, -0.1) is 11.3 Å². The molecule has 0 radical (unpaired) electrons. The highest BCUT2D eigenvalue weighted by molar-refractivity contribution is 7.18. The molecule has 0 aliphatic rings. The predicted molar refractivity (Wildman–Crippen MR) is 106 cm³/mol. The van der Waals surface area contributed by atoms with Crippen LogP contribution in [0.5, 0.6) is 0 Å². The van der Waals surface area contributed by atoms with E-state index in [1.54, 1.807) is 17.5 Å². The smallest absolute Gasteiger partial charge is 0.320 e. The summed E-state index contributed by atoms with van der Waals surface area (Å²) in [6.07, 6.45) is 3.48. The summed E-state index contributed by atoms with van der Waals surface area (Å²) in [5.74, 6) is 0. The molecule has 2 N–H and O–H groups in total. The molecule has 2 heterocycles. The molecule has 2 aromatic heterocycles. The lowest BCUT2D eigenvalue weighted by Crippen LogP contribution is -2.43. The Morgan fingerprint density at radius 2 is 2.08 bits per heavy atom. The Kier molecular flexibility index (Phi) is 5.24. The van der Waals surface area contributed by atoms with E-state index in [1.165, 1.54) is 0 Å². The SMILES string of the molecule is CN(C)CCn1cc(NC(=O)NC(C)(C)c2nc3ccccc3s2)cn1. The quantitative estimate of drug-likeness (QED) is 0.697. The number of likely N-dealkylation sites (N-methyl/N-ethyl adjacent to an activating group) is 1. The van der Waals surface area contributed by atoms with Crippen LogP contribution in [0.25, 0.3) is 10.2 Å². The van der Waals surface area contributed by atoms with Crippen LogP contribution in [0.4, 0.5) is 10.5 Å². The van der Waals surface area contributed by atoms with Gasteiger partial charge in [0, 0.05) is 12.7 Å². The van der Waals surface area contributed by atoms with Crippen molar-refractivity contribution in [2.45, 2.75) is 25.9 Å². The molecular weight excluding hydrogens is 348 g/mol. The summed E-state index contributed by atoms with van der Waals surface area (Å²) in [5, 5.41) is 11.0. The first-order valence-electron chi connectivity index (χ1n) is 8.46.